The van der Waals surface area contributed by atoms with Crippen LogP contribution in [-0.2, 0) is 14.4 Å². The number of hydroxylamine groups is 1. The largest absolute Gasteiger partial charge is 0.493 e. The summed E-state index contributed by atoms with van der Waals surface area (Å²) in [5.41, 5.74) is 1.95. The molecule has 0 radical (unpaired) electrons. The van der Waals surface area contributed by atoms with Crippen LogP contribution in [0.4, 0.5) is 11.4 Å². The van der Waals surface area contributed by atoms with Crippen LogP contribution in [0.1, 0.15) is 38.3 Å². The molecule has 0 spiro atoms. The number of hydrogen-bond donors (Lipinski definition) is 0. The molecule has 2 saturated heterocycles. The molecule has 2 aliphatic rings. The highest BCUT2D eigenvalue weighted by molar-refractivity contribution is 6.24. The van der Waals surface area contributed by atoms with Crippen molar-refractivity contribution in [2.45, 2.75) is 38.8 Å². The number of methoxy groups -OCH3 is 1. The van der Waals surface area contributed by atoms with Gasteiger partial charge in [0, 0.05) is 0 Å². The van der Waals surface area contributed by atoms with Crippen molar-refractivity contribution in [3.05, 3.63) is 78.4 Å². The quantitative estimate of drug-likeness (QED) is 0.266. The van der Waals surface area contributed by atoms with Crippen molar-refractivity contribution in [3.63, 3.8) is 0 Å². The van der Waals surface area contributed by atoms with Gasteiger partial charge >= 0.3 is 0 Å². The zero-order valence-corrected chi connectivity index (χ0v) is 21.8. The molecule has 5 rings (SSSR count). The number of carbonyl (C=O) groups excluding carboxylic acids is 2. The van der Waals surface area contributed by atoms with Gasteiger partial charge in [0.15, 0.2) is 17.6 Å². The van der Waals surface area contributed by atoms with Gasteiger partial charge in [-0.2, -0.15) is 0 Å². The normalized spacial score (nSPS) is 20.6. The van der Waals surface area contributed by atoms with E-state index >= 15 is 0 Å². The molecule has 2 heterocycles. The number of rotatable bonds is 10. The summed E-state index contributed by atoms with van der Waals surface area (Å²) in [6, 6.07) is 21.6. The summed E-state index contributed by atoms with van der Waals surface area (Å²) < 4.78 is 17.3. The van der Waals surface area contributed by atoms with Gasteiger partial charge in [-0.25, -0.2) is 9.96 Å². The summed E-state index contributed by atoms with van der Waals surface area (Å²) in [6.45, 7) is 4.96. The average molecular weight is 517 g/mol. The topological polar surface area (TPSA) is 77.5 Å². The third-order valence-electron chi connectivity index (χ3n) is 6.82. The van der Waals surface area contributed by atoms with Crippen LogP contribution in [0.3, 0.4) is 0 Å². The maximum absolute atomic E-state index is 14.0. The van der Waals surface area contributed by atoms with Crippen LogP contribution in [0.15, 0.2) is 72.8 Å². The molecule has 0 bridgehead atoms. The molecule has 0 aliphatic carbocycles. The first-order chi connectivity index (χ1) is 18.6. The summed E-state index contributed by atoms with van der Waals surface area (Å²) in [4.78, 5) is 35.2. The van der Waals surface area contributed by atoms with Gasteiger partial charge in [-0.3, -0.25) is 14.4 Å². The number of benzene rings is 3. The Balaban J connectivity index is 1.55. The smallest absolute Gasteiger partial charge is 0.266 e. The molecule has 8 heteroatoms. The van der Waals surface area contributed by atoms with E-state index in [1.165, 1.54) is 4.90 Å². The lowest BCUT2D eigenvalue weighted by molar-refractivity contribution is -0.126. The van der Waals surface area contributed by atoms with Gasteiger partial charge in [-0.15, -0.1) is 0 Å². The SMILES string of the molecule is CCCCOc1ccc([C@@H]2[C@H]3C(=O)N(c4ccccc4OCC)C(=O)[C@@H]3ON2c2ccccc2)cc1OC. The van der Waals surface area contributed by atoms with E-state index in [-0.39, 0.29) is 5.91 Å². The summed E-state index contributed by atoms with van der Waals surface area (Å²) in [5.74, 6) is 0.148. The molecule has 2 fully saturated rings. The first kappa shape index (κ1) is 25.6. The van der Waals surface area contributed by atoms with Gasteiger partial charge < -0.3 is 14.2 Å². The minimum atomic E-state index is -0.978. The average Bonchev–Trinajstić information content (AvgIpc) is 3.45. The first-order valence-electron chi connectivity index (χ1n) is 13.0. The molecule has 8 nitrogen and oxygen atoms in total. The molecule has 3 aromatic rings. The lowest BCUT2D eigenvalue weighted by Gasteiger charge is -2.29. The Morgan fingerprint density at radius 1 is 0.842 bits per heavy atom. The van der Waals surface area contributed by atoms with E-state index in [9.17, 15) is 9.59 Å². The number of para-hydroxylation sites is 3. The predicted octanol–water partition coefficient (Wildman–Crippen LogP) is 5.32. The number of nitrogens with zero attached hydrogens (tertiary/aromatic N) is 2. The Morgan fingerprint density at radius 2 is 1.61 bits per heavy atom. The van der Waals surface area contributed by atoms with Gasteiger partial charge in [0.25, 0.3) is 5.91 Å². The van der Waals surface area contributed by atoms with Crippen LogP contribution in [-0.4, -0.2) is 38.2 Å². The zero-order valence-electron chi connectivity index (χ0n) is 21.8. The second-order valence-electron chi connectivity index (χ2n) is 9.18. The standard InChI is InChI=1S/C30H32N2O6/c1-4-6-18-37-24-17-16-20(19-25(24)35-3)27-26-28(38-32(27)21-12-8-7-9-13-21)30(34)31(29(26)33)22-14-10-11-15-23(22)36-5-2/h7-17,19,26-28H,4-6,18H2,1-3H3/t26-,27-,28-/m1/s1. The first-order valence-corrected chi connectivity index (χ1v) is 13.0. The van der Waals surface area contributed by atoms with Crippen LogP contribution >= 0.6 is 0 Å². The summed E-state index contributed by atoms with van der Waals surface area (Å²) in [5, 5.41) is 1.67. The number of unbranched alkanes of at least 4 members (excludes halogenated alkanes) is 1. The number of ether oxygens (including phenoxy) is 3. The molecule has 0 N–H and O–H groups in total. The molecule has 0 unspecified atom stereocenters. The van der Waals surface area contributed by atoms with E-state index in [4.69, 9.17) is 19.0 Å². The molecular weight excluding hydrogens is 484 g/mol. The highest BCUT2D eigenvalue weighted by atomic mass is 16.7. The highest BCUT2D eigenvalue weighted by Crippen LogP contribution is 2.49. The van der Waals surface area contributed by atoms with E-state index in [1.54, 1.807) is 30.4 Å². The predicted molar refractivity (Wildman–Crippen MR) is 144 cm³/mol. The lowest BCUT2D eigenvalue weighted by Crippen LogP contribution is -2.37. The minimum Gasteiger partial charge on any atom is -0.493 e. The van der Waals surface area contributed by atoms with Crippen molar-refractivity contribution >= 4 is 23.2 Å². The van der Waals surface area contributed by atoms with Crippen LogP contribution < -0.4 is 24.2 Å². The van der Waals surface area contributed by atoms with Crippen molar-refractivity contribution in [2.24, 2.45) is 5.92 Å². The maximum atomic E-state index is 14.0. The maximum Gasteiger partial charge on any atom is 0.266 e. The van der Waals surface area contributed by atoms with Gasteiger partial charge in [0.05, 0.1) is 37.7 Å². The van der Waals surface area contributed by atoms with Crippen molar-refractivity contribution in [1.29, 1.82) is 0 Å². The van der Waals surface area contributed by atoms with E-state index in [0.29, 0.717) is 36.1 Å². The number of imide groups is 1. The van der Waals surface area contributed by atoms with Gasteiger partial charge in [0.1, 0.15) is 11.7 Å². The number of fused-ring (bicyclic) bond motifs is 1. The molecule has 0 saturated carbocycles. The molecule has 2 aliphatic heterocycles. The van der Waals surface area contributed by atoms with Gasteiger partial charge in [-0.05, 0) is 55.3 Å². The molecule has 0 aromatic heterocycles. The lowest BCUT2D eigenvalue weighted by atomic mass is 9.90. The molecule has 3 atom stereocenters. The van der Waals surface area contributed by atoms with Crippen molar-refractivity contribution < 1.29 is 28.6 Å². The number of hydrogen-bond acceptors (Lipinski definition) is 7. The Hall–Kier alpha value is -4.04. The van der Waals surface area contributed by atoms with E-state index in [0.717, 1.165) is 24.1 Å². The van der Waals surface area contributed by atoms with Crippen LogP contribution in [0.2, 0.25) is 0 Å². The minimum absolute atomic E-state index is 0.335. The van der Waals surface area contributed by atoms with Crippen molar-refractivity contribution in [2.75, 3.05) is 30.3 Å². The summed E-state index contributed by atoms with van der Waals surface area (Å²) in [6.07, 6.45) is 0.977. The van der Waals surface area contributed by atoms with Crippen LogP contribution in [0.25, 0.3) is 0 Å². The monoisotopic (exact) mass is 516 g/mol. The third-order valence-corrected chi connectivity index (χ3v) is 6.82. The van der Waals surface area contributed by atoms with Gasteiger partial charge in [0.2, 0.25) is 5.91 Å². The Morgan fingerprint density at radius 3 is 2.34 bits per heavy atom. The Kier molecular flexibility index (Phi) is 7.51. The fourth-order valence-corrected chi connectivity index (χ4v) is 5.02. The molecule has 198 valence electrons. The van der Waals surface area contributed by atoms with Crippen molar-refractivity contribution in [3.8, 4) is 17.2 Å². The zero-order chi connectivity index (χ0) is 26.6. The third kappa shape index (κ3) is 4.56. The second-order valence-corrected chi connectivity index (χ2v) is 9.18. The van der Waals surface area contributed by atoms with Crippen LogP contribution in [0.5, 0.6) is 17.2 Å². The highest BCUT2D eigenvalue weighted by Gasteiger charge is 2.60. The Labute approximate surface area is 222 Å². The molecule has 38 heavy (non-hydrogen) atoms. The fourth-order valence-electron chi connectivity index (χ4n) is 5.02. The van der Waals surface area contributed by atoms with Crippen LogP contribution in [0, 0.1) is 5.92 Å². The van der Waals surface area contributed by atoms with Crippen molar-refractivity contribution in [1.82, 2.24) is 0 Å². The second kappa shape index (κ2) is 11.1. The number of carbonyl (C=O) groups is 2. The van der Waals surface area contributed by atoms with E-state index < -0.39 is 24.0 Å². The van der Waals surface area contributed by atoms with E-state index in [1.807, 2.05) is 61.5 Å². The fraction of sp³-hybridized carbons (Fsp3) is 0.333. The number of anilines is 2. The van der Waals surface area contributed by atoms with E-state index in [2.05, 4.69) is 6.92 Å². The molecule has 3 aromatic carbocycles. The Bertz CT molecular complexity index is 1300. The molecule has 2 amide bonds. The summed E-state index contributed by atoms with van der Waals surface area (Å²) >= 11 is 0. The summed E-state index contributed by atoms with van der Waals surface area (Å²) in [7, 11) is 1.59. The number of amides is 2. The molecular formula is C30H32N2O6. The van der Waals surface area contributed by atoms with Gasteiger partial charge in [-0.1, -0.05) is 49.7 Å².